The van der Waals surface area contributed by atoms with E-state index in [1.807, 2.05) is 6.92 Å². The molecule has 0 unspecified atom stereocenters. The molecule has 2 atom stereocenters. The van der Waals surface area contributed by atoms with Crippen LogP contribution in [0.2, 0.25) is 0 Å². The van der Waals surface area contributed by atoms with Gasteiger partial charge < -0.3 is 4.74 Å². The van der Waals surface area contributed by atoms with Crippen molar-refractivity contribution >= 4 is 11.8 Å². The number of hydrogen-bond acceptors (Lipinski definition) is 3. The lowest BCUT2D eigenvalue weighted by molar-refractivity contribution is -0.143. The van der Waals surface area contributed by atoms with Gasteiger partial charge in [0.2, 0.25) is 0 Å². The Morgan fingerprint density at radius 3 is 2.73 bits per heavy atom. The molecule has 0 aromatic carbocycles. The van der Waals surface area contributed by atoms with Gasteiger partial charge in [-0.2, -0.15) is 0 Å². The molecule has 22 heavy (non-hydrogen) atoms. The molecule has 1 aliphatic rings. The Labute approximate surface area is 135 Å². The number of unbranched alkanes of at least 4 members (excludes halogenated alkanes) is 4. The first-order chi connectivity index (χ1) is 10.7. The van der Waals surface area contributed by atoms with Gasteiger partial charge in [0.1, 0.15) is 5.78 Å². The fourth-order valence-corrected chi connectivity index (χ4v) is 3.20. The van der Waals surface area contributed by atoms with Crippen molar-refractivity contribution in [2.24, 2.45) is 11.8 Å². The van der Waals surface area contributed by atoms with Crippen LogP contribution >= 0.6 is 0 Å². The van der Waals surface area contributed by atoms with Crippen LogP contribution < -0.4 is 0 Å². The number of ether oxygens (including phenoxy) is 1. The quantitative estimate of drug-likeness (QED) is 0.311. The van der Waals surface area contributed by atoms with Crippen LogP contribution in [0.15, 0.2) is 12.2 Å². The molecule has 0 spiro atoms. The average molecular weight is 308 g/mol. The van der Waals surface area contributed by atoms with E-state index in [2.05, 4.69) is 19.1 Å². The molecule has 3 heteroatoms. The van der Waals surface area contributed by atoms with E-state index in [1.165, 1.54) is 6.42 Å². The SMILES string of the molecule is CCC/C=C/[C@@H]1CCC(=O)[C@@H]1CCCCCCC(=O)OCC. The summed E-state index contributed by atoms with van der Waals surface area (Å²) in [4.78, 5) is 23.2. The number of rotatable bonds is 11. The smallest absolute Gasteiger partial charge is 0.305 e. The highest BCUT2D eigenvalue weighted by atomic mass is 16.5. The number of carbonyl (C=O) groups excluding carboxylic acids is 2. The number of carbonyl (C=O) groups is 2. The van der Waals surface area contributed by atoms with Gasteiger partial charge in [0.05, 0.1) is 6.61 Å². The van der Waals surface area contributed by atoms with Crippen LogP contribution in [0.3, 0.4) is 0 Å². The molecule has 0 bridgehead atoms. The average Bonchev–Trinajstić information content (AvgIpc) is 2.84. The molecule has 1 rings (SSSR count). The first kappa shape index (κ1) is 18.9. The molecule has 0 aromatic rings. The van der Waals surface area contributed by atoms with Crippen LogP contribution in [0.4, 0.5) is 0 Å². The summed E-state index contributed by atoms with van der Waals surface area (Å²) in [5.41, 5.74) is 0. The summed E-state index contributed by atoms with van der Waals surface area (Å²) in [5.74, 6) is 1.09. The van der Waals surface area contributed by atoms with E-state index in [0.717, 1.165) is 51.4 Å². The van der Waals surface area contributed by atoms with Gasteiger partial charge in [-0.1, -0.05) is 44.8 Å². The molecular weight excluding hydrogens is 276 g/mol. The highest BCUT2D eigenvalue weighted by molar-refractivity contribution is 5.83. The van der Waals surface area contributed by atoms with Gasteiger partial charge in [0, 0.05) is 18.8 Å². The summed E-state index contributed by atoms with van der Waals surface area (Å²) in [6.45, 7) is 4.48. The lowest BCUT2D eigenvalue weighted by atomic mass is 9.89. The van der Waals surface area contributed by atoms with E-state index in [1.54, 1.807) is 0 Å². The Kier molecular flexibility index (Phi) is 9.85. The molecule has 0 heterocycles. The zero-order valence-electron chi connectivity index (χ0n) is 14.3. The normalized spacial score (nSPS) is 21.6. The van der Waals surface area contributed by atoms with Gasteiger partial charge in [-0.15, -0.1) is 0 Å². The monoisotopic (exact) mass is 308 g/mol. The second kappa shape index (κ2) is 11.4. The largest absolute Gasteiger partial charge is 0.466 e. The van der Waals surface area contributed by atoms with Crippen LogP contribution in [0.25, 0.3) is 0 Å². The third kappa shape index (κ3) is 7.24. The van der Waals surface area contributed by atoms with Crippen LogP contribution in [-0.4, -0.2) is 18.4 Å². The van der Waals surface area contributed by atoms with Crippen LogP contribution in [0.1, 0.15) is 78.1 Å². The second-order valence-electron chi connectivity index (χ2n) is 6.25. The van der Waals surface area contributed by atoms with Crippen molar-refractivity contribution in [2.75, 3.05) is 6.61 Å². The molecular formula is C19H32O3. The Morgan fingerprint density at radius 2 is 2.00 bits per heavy atom. The summed E-state index contributed by atoms with van der Waals surface area (Å²) in [6, 6.07) is 0. The van der Waals surface area contributed by atoms with E-state index in [0.29, 0.717) is 24.7 Å². The molecule has 0 N–H and O–H groups in total. The van der Waals surface area contributed by atoms with Crippen molar-refractivity contribution < 1.29 is 14.3 Å². The maximum Gasteiger partial charge on any atom is 0.305 e. The third-order valence-electron chi connectivity index (χ3n) is 4.44. The van der Waals surface area contributed by atoms with E-state index in [9.17, 15) is 9.59 Å². The zero-order chi connectivity index (χ0) is 16.2. The molecule has 3 nitrogen and oxygen atoms in total. The van der Waals surface area contributed by atoms with Crippen LogP contribution in [-0.2, 0) is 14.3 Å². The molecule has 1 saturated carbocycles. The highest BCUT2D eigenvalue weighted by Gasteiger charge is 2.31. The van der Waals surface area contributed by atoms with Crippen molar-refractivity contribution in [3.63, 3.8) is 0 Å². The second-order valence-corrected chi connectivity index (χ2v) is 6.25. The van der Waals surface area contributed by atoms with E-state index in [4.69, 9.17) is 4.74 Å². The molecule has 1 fully saturated rings. The maximum atomic E-state index is 12.0. The fourth-order valence-electron chi connectivity index (χ4n) is 3.20. The minimum Gasteiger partial charge on any atom is -0.466 e. The summed E-state index contributed by atoms with van der Waals surface area (Å²) in [5, 5.41) is 0. The summed E-state index contributed by atoms with van der Waals surface area (Å²) < 4.78 is 4.91. The molecule has 1 aliphatic carbocycles. The highest BCUT2D eigenvalue weighted by Crippen LogP contribution is 2.33. The van der Waals surface area contributed by atoms with Crippen molar-refractivity contribution in [1.82, 2.24) is 0 Å². The predicted molar refractivity (Wildman–Crippen MR) is 89.6 cm³/mol. The lowest BCUT2D eigenvalue weighted by Crippen LogP contribution is -2.13. The number of ketones is 1. The van der Waals surface area contributed by atoms with Gasteiger partial charge in [0.25, 0.3) is 0 Å². The lowest BCUT2D eigenvalue weighted by Gasteiger charge is -2.14. The predicted octanol–water partition coefficient (Wildman–Crippen LogP) is 4.84. The zero-order valence-corrected chi connectivity index (χ0v) is 14.3. The summed E-state index contributed by atoms with van der Waals surface area (Å²) >= 11 is 0. The van der Waals surface area contributed by atoms with Crippen molar-refractivity contribution in [3.05, 3.63) is 12.2 Å². The summed E-state index contributed by atoms with van der Waals surface area (Å²) in [7, 11) is 0. The Balaban J connectivity index is 2.16. The third-order valence-corrected chi connectivity index (χ3v) is 4.44. The van der Waals surface area contributed by atoms with Gasteiger partial charge >= 0.3 is 5.97 Å². The van der Waals surface area contributed by atoms with Crippen molar-refractivity contribution in [3.8, 4) is 0 Å². The van der Waals surface area contributed by atoms with Crippen LogP contribution in [0, 0.1) is 11.8 Å². The molecule has 0 amide bonds. The number of allylic oxidation sites excluding steroid dienone is 2. The summed E-state index contributed by atoms with van der Waals surface area (Å²) in [6.07, 6.45) is 14.3. The fraction of sp³-hybridized carbons (Fsp3) is 0.789. The maximum absolute atomic E-state index is 12.0. The molecule has 0 aliphatic heterocycles. The minimum absolute atomic E-state index is 0.0883. The number of hydrogen-bond donors (Lipinski definition) is 0. The number of esters is 1. The standard InChI is InChI=1S/C19H32O3/c1-3-5-8-11-16-14-15-18(20)17(16)12-9-6-7-10-13-19(21)22-4-2/h8,11,16-17H,3-7,9-10,12-15H2,1-2H3/b11-8+/t16-,17-/m1/s1. The van der Waals surface area contributed by atoms with Crippen molar-refractivity contribution in [2.45, 2.75) is 78.1 Å². The van der Waals surface area contributed by atoms with E-state index in [-0.39, 0.29) is 11.9 Å². The van der Waals surface area contributed by atoms with Crippen molar-refractivity contribution in [1.29, 1.82) is 0 Å². The molecule has 126 valence electrons. The van der Waals surface area contributed by atoms with E-state index < -0.39 is 0 Å². The van der Waals surface area contributed by atoms with E-state index >= 15 is 0 Å². The molecule has 0 aromatic heterocycles. The Bertz CT molecular complexity index is 360. The van der Waals surface area contributed by atoms with Gasteiger partial charge in [0.15, 0.2) is 0 Å². The number of Topliss-reactive ketones (excluding diaryl/α,β-unsaturated/α-hetero) is 1. The molecule has 0 radical (unpaired) electrons. The first-order valence-electron chi connectivity index (χ1n) is 9.04. The molecule has 0 saturated heterocycles. The van der Waals surface area contributed by atoms with Gasteiger partial charge in [-0.3, -0.25) is 9.59 Å². The van der Waals surface area contributed by atoms with Crippen LogP contribution in [0.5, 0.6) is 0 Å². The first-order valence-corrected chi connectivity index (χ1v) is 9.04. The minimum atomic E-state index is -0.0883. The topological polar surface area (TPSA) is 43.4 Å². The van der Waals surface area contributed by atoms with Gasteiger partial charge in [-0.25, -0.2) is 0 Å². The Hall–Kier alpha value is -1.12. The van der Waals surface area contributed by atoms with Gasteiger partial charge in [-0.05, 0) is 38.5 Å². The Morgan fingerprint density at radius 1 is 1.23 bits per heavy atom.